The number of benzene rings is 1. The van der Waals surface area contributed by atoms with Crippen LogP contribution in [0.1, 0.15) is 69.4 Å². The quantitative estimate of drug-likeness (QED) is 0.177. The molecule has 0 spiro atoms. The Labute approximate surface area is 211 Å². The number of ether oxygens (including phenoxy) is 1. The molecule has 0 aliphatic rings. The van der Waals surface area contributed by atoms with Crippen LogP contribution in [0.4, 0.5) is 13.2 Å². The van der Waals surface area contributed by atoms with Crippen molar-refractivity contribution in [2.24, 2.45) is 11.7 Å². The third-order valence-electron chi connectivity index (χ3n) is 5.93. The molecular formula is C23H38F3InNO4P. The second kappa shape index (κ2) is 16.4. The molecule has 0 bridgehead atoms. The molecule has 0 aromatic heterocycles. The monoisotopic (exact) mass is 595 g/mol. The van der Waals surface area contributed by atoms with Gasteiger partial charge in [-0.25, -0.2) is 4.57 Å². The summed E-state index contributed by atoms with van der Waals surface area (Å²) in [7, 11) is -0.563. The van der Waals surface area contributed by atoms with Crippen molar-refractivity contribution in [3.05, 3.63) is 29.3 Å². The Balaban J connectivity index is 2.74. The van der Waals surface area contributed by atoms with Crippen molar-refractivity contribution in [1.29, 1.82) is 0 Å². The topological polar surface area (TPSA) is 81.8 Å². The molecule has 0 fully saturated rings. The number of hydrogen-bond acceptors (Lipinski definition) is 5. The van der Waals surface area contributed by atoms with Gasteiger partial charge in [0.2, 0.25) is 0 Å². The Bertz CT molecular complexity index is 688. The van der Waals surface area contributed by atoms with Crippen LogP contribution < -0.4 is 10.5 Å². The first-order chi connectivity index (χ1) is 15.7. The van der Waals surface area contributed by atoms with Gasteiger partial charge >= 0.3 is 161 Å². The first-order valence-corrected chi connectivity index (χ1v) is 16.6. The van der Waals surface area contributed by atoms with Gasteiger partial charge in [0.15, 0.2) is 0 Å². The number of halogens is 3. The number of rotatable bonds is 18. The van der Waals surface area contributed by atoms with Gasteiger partial charge in [-0.05, 0) is 12.8 Å². The summed E-state index contributed by atoms with van der Waals surface area (Å²) < 4.78 is 63.1. The third kappa shape index (κ3) is 12.3. The van der Waals surface area contributed by atoms with E-state index < -0.39 is 32.6 Å². The molecule has 0 saturated heterocycles. The number of nitrogens with two attached hydrogens (primary N) is 1. The number of alkyl halides is 3. The molecule has 2 unspecified atom stereocenters. The minimum absolute atomic E-state index is 0.159. The number of hydrogen-bond donors (Lipinski definition) is 2. The molecule has 0 heterocycles. The summed E-state index contributed by atoms with van der Waals surface area (Å²) in [6.45, 7) is 1.84. The van der Waals surface area contributed by atoms with Gasteiger partial charge < -0.3 is 10.8 Å². The molecule has 0 aliphatic heterocycles. The average Bonchev–Trinajstić information content (AvgIpc) is 2.80. The van der Waals surface area contributed by atoms with Gasteiger partial charge in [-0.15, -0.1) is 0 Å². The van der Waals surface area contributed by atoms with Crippen LogP contribution in [0.5, 0.6) is 5.75 Å². The van der Waals surface area contributed by atoms with E-state index in [0.29, 0.717) is 11.5 Å². The summed E-state index contributed by atoms with van der Waals surface area (Å²) in [6, 6.07) is 4.03. The Morgan fingerprint density at radius 3 is 2.48 bits per heavy atom. The Hall–Kier alpha value is -0.340. The fourth-order valence-corrected chi connectivity index (χ4v) is 5.27. The number of unbranched alkanes of at least 4 members (excludes halogenated alkanes) is 1. The zero-order chi connectivity index (χ0) is 24.7. The normalized spacial score (nSPS) is 14.8. The Kier molecular flexibility index (Phi) is 15.2. The fourth-order valence-electron chi connectivity index (χ4n) is 3.80. The molecule has 188 valence electrons. The third-order valence-corrected chi connectivity index (χ3v) is 8.18. The predicted molar refractivity (Wildman–Crippen MR) is 128 cm³/mol. The fraction of sp³-hybridized carbons (Fsp3) is 0.739. The van der Waals surface area contributed by atoms with Crippen molar-refractivity contribution < 1.29 is 32.1 Å². The van der Waals surface area contributed by atoms with Gasteiger partial charge in [-0.1, -0.05) is 0 Å². The van der Waals surface area contributed by atoms with E-state index in [1.807, 2.05) is 0 Å². The molecule has 1 aromatic rings. The predicted octanol–water partition coefficient (Wildman–Crippen LogP) is 5.35. The van der Waals surface area contributed by atoms with E-state index in [9.17, 15) is 22.8 Å². The van der Waals surface area contributed by atoms with Gasteiger partial charge in [0.1, 0.15) is 0 Å². The van der Waals surface area contributed by atoms with Gasteiger partial charge in [-0.2, -0.15) is 0 Å². The molecule has 0 amide bonds. The maximum absolute atomic E-state index is 13.7. The van der Waals surface area contributed by atoms with Crippen LogP contribution in [0, 0.1) is 5.92 Å². The molecule has 10 heteroatoms. The standard InChI is InChI=1S/C23H36F3NO4P.In.2H/c1-3-5-8-18(7-4-2)9-6-14-30-21-11-10-19(15-20(21)23(24,25)26)12-13-22(27,16-28)17-31-32-29;;;/h10-11,15,18,28H,2-9,12-14,16-17,27H2,1H3;;;. The van der Waals surface area contributed by atoms with E-state index in [0.717, 1.165) is 49.7 Å². The molecule has 0 radical (unpaired) electrons. The Morgan fingerprint density at radius 1 is 1.18 bits per heavy atom. The van der Waals surface area contributed by atoms with E-state index in [-0.39, 0.29) is 31.8 Å². The van der Waals surface area contributed by atoms with Gasteiger partial charge in [0.25, 0.3) is 0 Å². The van der Waals surface area contributed by atoms with Crippen LogP contribution in [0.15, 0.2) is 18.2 Å². The minimum atomic E-state index is -4.54. The molecule has 5 nitrogen and oxygen atoms in total. The summed E-state index contributed by atoms with van der Waals surface area (Å²) in [6.07, 6.45) is 3.60. The molecule has 1 aromatic carbocycles. The van der Waals surface area contributed by atoms with Crippen LogP contribution in [-0.2, 0) is 21.7 Å². The van der Waals surface area contributed by atoms with Gasteiger partial charge in [0.05, 0.1) is 18.8 Å². The SMILES string of the molecule is CCCCC(CC[CH2][InH2])CCCOc1ccc(CCC(N)(CO)COP=O)cc1C(F)(F)F. The van der Waals surface area contributed by atoms with E-state index in [4.69, 9.17) is 15.0 Å². The average molecular weight is 595 g/mol. The molecule has 0 aliphatic carbocycles. The Morgan fingerprint density at radius 2 is 1.88 bits per heavy atom. The van der Waals surface area contributed by atoms with Crippen molar-refractivity contribution in [1.82, 2.24) is 0 Å². The first kappa shape index (κ1) is 30.7. The second-order valence-electron chi connectivity index (χ2n) is 8.84. The zero-order valence-electron chi connectivity index (χ0n) is 19.8. The second-order valence-corrected chi connectivity index (χ2v) is 12.1. The molecule has 0 saturated carbocycles. The van der Waals surface area contributed by atoms with Crippen molar-refractivity contribution in [3.63, 3.8) is 0 Å². The van der Waals surface area contributed by atoms with Crippen LogP contribution in [0.3, 0.4) is 0 Å². The zero-order valence-corrected chi connectivity index (χ0v) is 26.4. The van der Waals surface area contributed by atoms with E-state index in [1.54, 1.807) is 6.07 Å². The van der Waals surface area contributed by atoms with E-state index in [1.165, 1.54) is 35.9 Å². The van der Waals surface area contributed by atoms with Crippen LogP contribution in [-0.4, -0.2) is 54.8 Å². The summed E-state index contributed by atoms with van der Waals surface area (Å²) in [5, 5.41) is 9.47. The van der Waals surface area contributed by atoms with Gasteiger partial charge in [-0.3, -0.25) is 4.52 Å². The van der Waals surface area contributed by atoms with Crippen LogP contribution in [0.25, 0.3) is 0 Å². The molecule has 33 heavy (non-hydrogen) atoms. The molecule has 1 rings (SSSR count). The van der Waals surface area contributed by atoms with Crippen LogP contribution in [0.2, 0.25) is 4.18 Å². The van der Waals surface area contributed by atoms with Crippen molar-refractivity contribution in [2.75, 3.05) is 19.8 Å². The van der Waals surface area contributed by atoms with Crippen molar-refractivity contribution in [3.8, 4) is 5.75 Å². The molecular weight excluding hydrogens is 557 g/mol. The van der Waals surface area contributed by atoms with Crippen molar-refractivity contribution >= 4 is 33.1 Å². The van der Waals surface area contributed by atoms with E-state index >= 15 is 0 Å². The summed E-state index contributed by atoms with van der Waals surface area (Å²) >= 11 is 0.720. The maximum atomic E-state index is 13.7. The van der Waals surface area contributed by atoms with Crippen molar-refractivity contribution in [2.45, 2.75) is 80.6 Å². The number of aliphatic hydroxyl groups excluding tert-OH is 1. The number of aliphatic hydroxyl groups is 1. The van der Waals surface area contributed by atoms with Crippen LogP contribution >= 0.6 is 8.69 Å². The summed E-state index contributed by atoms with van der Waals surface area (Å²) in [5.41, 5.74) is 4.44. The summed E-state index contributed by atoms with van der Waals surface area (Å²) in [4.78, 5) is 0. The first-order valence-electron chi connectivity index (χ1n) is 11.9. The van der Waals surface area contributed by atoms with E-state index in [2.05, 4.69) is 6.92 Å². The number of aryl methyl sites for hydroxylation is 1. The summed E-state index contributed by atoms with van der Waals surface area (Å²) in [5.74, 6) is 0.478. The molecule has 2 atom stereocenters. The van der Waals surface area contributed by atoms with Gasteiger partial charge in [0, 0.05) is 0 Å². The molecule has 3 N–H and O–H groups in total.